The predicted octanol–water partition coefficient (Wildman–Crippen LogP) is 3.75. The Bertz CT molecular complexity index is 1030. The maximum Gasteiger partial charge on any atom is 0.348 e. The number of aromatic nitrogens is 2. The van der Waals surface area contributed by atoms with Crippen molar-refractivity contribution in [3.63, 3.8) is 0 Å². The van der Waals surface area contributed by atoms with Gasteiger partial charge in [-0.1, -0.05) is 30.3 Å². The second-order valence-electron chi connectivity index (χ2n) is 7.32. The van der Waals surface area contributed by atoms with Crippen LogP contribution in [0, 0.1) is 13.8 Å². The molecule has 1 saturated heterocycles. The van der Waals surface area contributed by atoms with Crippen LogP contribution in [0.1, 0.15) is 24.2 Å². The van der Waals surface area contributed by atoms with Gasteiger partial charge in [0.2, 0.25) is 5.60 Å². The van der Waals surface area contributed by atoms with Crippen LogP contribution in [0.5, 0.6) is 5.75 Å². The van der Waals surface area contributed by atoms with E-state index in [2.05, 4.69) is 14.9 Å². The third-order valence-electron chi connectivity index (χ3n) is 5.35. The molecular weight excluding hydrogens is 354 g/mol. The molecule has 1 N–H and O–H groups in total. The molecule has 6 heteroatoms. The summed E-state index contributed by atoms with van der Waals surface area (Å²) in [6.45, 7) is 4.94. The first-order valence-corrected chi connectivity index (χ1v) is 9.43. The Labute approximate surface area is 163 Å². The summed E-state index contributed by atoms with van der Waals surface area (Å²) < 4.78 is 6.09. The smallest absolute Gasteiger partial charge is 0.348 e. The van der Waals surface area contributed by atoms with Gasteiger partial charge in [0, 0.05) is 32.1 Å². The molecule has 28 heavy (non-hydrogen) atoms. The number of piperidine rings is 1. The second-order valence-corrected chi connectivity index (χ2v) is 7.32. The number of hydrogen-bond acceptors (Lipinski definition) is 5. The van der Waals surface area contributed by atoms with Gasteiger partial charge in [0.15, 0.2) is 0 Å². The van der Waals surface area contributed by atoms with Crippen LogP contribution in [0.25, 0.3) is 10.8 Å². The Morgan fingerprint density at radius 2 is 1.82 bits per heavy atom. The maximum absolute atomic E-state index is 12.1. The van der Waals surface area contributed by atoms with Gasteiger partial charge < -0.3 is 14.7 Å². The fraction of sp³-hybridized carbons (Fsp3) is 0.318. The third kappa shape index (κ3) is 3.38. The second kappa shape index (κ2) is 7.11. The number of fused-ring (bicyclic) bond motifs is 1. The first-order valence-electron chi connectivity index (χ1n) is 9.43. The number of carboxylic acid groups (broad SMARTS) is 1. The number of ether oxygens (including phenoxy) is 1. The van der Waals surface area contributed by atoms with Crippen molar-refractivity contribution in [2.45, 2.75) is 32.3 Å². The van der Waals surface area contributed by atoms with E-state index >= 15 is 0 Å². The molecule has 0 atom stereocenters. The lowest BCUT2D eigenvalue weighted by Gasteiger charge is -2.39. The normalized spacial score (nSPS) is 16.1. The van der Waals surface area contributed by atoms with Gasteiger partial charge in [0.25, 0.3) is 0 Å². The van der Waals surface area contributed by atoms with Crippen molar-refractivity contribution in [2.75, 3.05) is 18.0 Å². The predicted molar refractivity (Wildman–Crippen MR) is 108 cm³/mol. The number of rotatable bonds is 4. The van der Waals surface area contributed by atoms with Gasteiger partial charge in [-0.25, -0.2) is 9.78 Å². The van der Waals surface area contributed by atoms with Crippen molar-refractivity contribution in [3.8, 4) is 5.75 Å². The van der Waals surface area contributed by atoms with E-state index in [0.717, 1.165) is 28.0 Å². The molecule has 2 heterocycles. The number of aliphatic carboxylic acids is 1. The van der Waals surface area contributed by atoms with Crippen LogP contribution in [0.2, 0.25) is 0 Å². The molecule has 0 aliphatic carbocycles. The van der Waals surface area contributed by atoms with E-state index in [1.54, 1.807) is 6.20 Å². The van der Waals surface area contributed by atoms with Crippen LogP contribution in [-0.4, -0.2) is 39.7 Å². The van der Waals surface area contributed by atoms with E-state index < -0.39 is 11.6 Å². The minimum absolute atomic E-state index is 0.379. The zero-order chi connectivity index (χ0) is 19.7. The summed E-state index contributed by atoms with van der Waals surface area (Å²) >= 11 is 0. The van der Waals surface area contributed by atoms with Crippen molar-refractivity contribution in [1.29, 1.82) is 0 Å². The van der Waals surface area contributed by atoms with Crippen molar-refractivity contribution >= 4 is 22.6 Å². The highest BCUT2D eigenvalue weighted by Gasteiger charge is 2.44. The number of nitrogens with zero attached hydrogens (tertiary/aromatic N) is 3. The van der Waals surface area contributed by atoms with E-state index in [0.29, 0.717) is 31.7 Å². The van der Waals surface area contributed by atoms with Crippen LogP contribution in [0.4, 0.5) is 5.82 Å². The fourth-order valence-electron chi connectivity index (χ4n) is 3.72. The molecule has 0 saturated carbocycles. The summed E-state index contributed by atoms with van der Waals surface area (Å²) in [4.78, 5) is 23.2. The van der Waals surface area contributed by atoms with E-state index in [9.17, 15) is 9.90 Å². The lowest BCUT2D eigenvalue weighted by molar-refractivity contribution is -0.157. The SMILES string of the molecule is Cc1cnc(C)c(N2CCC(Oc3ccc4ccccc4c3)(C(=O)O)CC2)n1. The Balaban J connectivity index is 1.56. The Morgan fingerprint density at radius 3 is 2.54 bits per heavy atom. The van der Waals surface area contributed by atoms with Gasteiger partial charge in [0.1, 0.15) is 11.6 Å². The molecule has 4 rings (SSSR count). The third-order valence-corrected chi connectivity index (χ3v) is 5.35. The summed E-state index contributed by atoms with van der Waals surface area (Å²) in [6, 6.07) is 13.7. The molecule has 0 unspecified atom stereocenters. The zero-order valence-corrected chi connectivity index (χ0v) is 16.1. The van der Waals surface area contributed by atoms with E-state index in [1.807, 2.05) is 56.3 Å². The fourth-order valence-corrected chi connectivity index (χ4v) is 3.72. The molecule has 0 bridgehead atoms. The molecule has 1 aromatic heterocycles. The lowest BCUT2D eigenvalue weighted by Crippen LogP contribution is -2.53. The topological polar surface area (TPSA) is 75.6 Å². The van der Waals surface area contributed by atoms with Crippen LogP contribution in [-0.2, 0) is 4.79 Å². The van der Waals surface area contributed by atoms with Crippen molar-refractivity contribution in [1.82, 2.24) is 9.97 Å². The number of anilines is 1. The molecular formula is C22H23N3O3. The summed E-state index contributed by atoms with van der Waals surface area (Å²) in [5.41, 5.74) is 0.469. The molecule has 0 spiro atoms. The largest absolute Gasteiger partial charge is 0.478 e. The highest BCUT2D eigenvalue weighted by molar-refractivity contribution is 5.84. The van der Waals surface area contributed by atoms with E-state index in [-0.39, 0.29) is 0 Å². The average molecular weight is 377 g/mol. The van der Waals surface area contributed by atoms with Gasteiger partial charge >= 0.3 is 5.97 Å². The number of benzene rings is 2. The lowest BCUT2D eigenvalue weighted by atomic mass is 9.91. The summed E-state index contributed by atoms with van der Waals surface area (Å²) in [7, 11) is 0. The summed E-state index contributed by atoms with van der Waals surface area (Å²) in [5.74, 6) is 0.484. The molecule has 2 aromatic carbocycles. The monoisotopic (exact) mass is 377 g/mol. The standard InChI is InChI=1S/C22H23N3O3/c1-15-14-23-16(2)20(24-15)25-11-9-22(10-12-25,21(26)27)28-19-8-7-17-5-3-4-6-18(17)13-19/h3-8,13-14H,9-12H2,1-2H3,(H,26,27). The first kappa shape index (κ1) is 18.2. The molecule has 1 aliphatic heterocycles. The van der Waals surface area contributed by atoms with E-state index in [4.69, 9.17) is 4.74 Å². The molecule has 0 radical (unpaired) electrons. The van der Waals surface area contributed by atoms with Gasteiger partial charge in [-0.15, -0.1) is 0 Å². The molecule has 1 aliphatic rings. The summed E-state index contributed by atoms with van der Waals surface area (Å²) in [5, 5.41) is 12.1. The minimum Gasteiger partial charge on any atom is -0.478 e. The molecule has 3 aromatic rings. The zero-order valence-electron chi connectivity index (χ0n) is 16.1. The highest BCUT2D eigenvalue weighted by Crippen LogP contribution is 2.33. The minimum atomic E-state index is -1.23. The van der Waals surface area contributed by atoms with Crippen molar-refractivity contribution in [3.05, 3.63) is 60.0 Å². The van der Waals surface area contributed by atoms with Crippen LogP contribution in [0.3, 0.4) is 0 Å². The van der Waals surface area contributed by atoms with Gasteiger partial charge in [0.05, 0.1) is 11.4 Å². The number of carbonyl (C=O) groups is 1. The van der Waals surface area contributed by atoms with Crippen LogP contribution < -0.4 is 9.64 Å². The molecule has 6 nitrogen and oxygen atoms in total. The van der Waals surface area contributed by atoms with E-state index in [1.165, 1.54) is 0 Å². The Morgan fingerprint density at radius 1 is 1.11 bits per heavy atom. The first-order chi connectivity index (χ1) is 13.5. The van der Waals surface area contributed by atoms with Crippen LogP contribution in [0.15, 0.2) is 48.7 Å². The number of aryl methyl sites for hydroxylation is 2. The van der Waals surface area contributed by atoms with Crippen LogP contribution >= 0.6 is 0 Å². The molecule has 144 valence electrons. The van der Waals surface area contributed by atoms with Crippen molar-refractivity contribution in [2.24, 2.45) is 0 Å². The number of hydrogen-bond donors (Lipinski definition) is 1. The number of carboxylic acids is 1. The quantitative estimate of drug-likeness (QED) is 0.746. The molecule has 0 amide bonds. The summed E-state index contributed by atoms with van der Waals surface area (Å²) in [6.07, 6.45) is 2.50. The highest BCUT2D eigenvalue weighted by atomic mass is 16.5. The van der Waals surface area contributed by atoms with Gasteiger partial charge in [-0.2, -0.15) is 0 Å². The van der Waals surface area contributed by atoms with Gasteiger partial charge in [-0.3, -0.25) is 4.98 Å². The Hall–Kier alpha value is -3.15. The average Bonchev–Trinajstić information content (AvgIpc) is 2.70. The molecule has 1 fully saturated rings. The Kier molecular flexibility index (Phi) is 4.63. The van der Waals surface area contributed by atoms with Crippen molar-refractivity contribution < 1.29 is 14.6 Å². The van der Waals surface area contributed by atoms with Gasteiger partial charge in [-0.05, 0) is 36.8 Å². The maximum atomic E-state index is 12.1.